The van der Waals surface area contributed by atoms with Crippen LogP contribution in [-0.2, 0) is 0 Å². The average molecular weight is 320 g/mol. The van der Waals surface area contributed by atoms with Crippen LogP contribution >= 0.6 is 15.9 Å². The lowest BCUT2D eigenvalue weighted by atomic mass is 10.1. The molecule has 2 rings (SSSR count). The maximum Gasteiger partial charge on any atom is 0.202 e. The third-order valence-corrected chi connectivity index (χ3v) is 3.20. The van der Waals surface area contributed by atoms with Crippen molar-refractivity contribution in [3.8, 4) is 5.75 Å². The zero-order valence-corrected chi connectivity index (χ0v) is 12.1. The number of carbonyl (C=O) groups excluding carboxylic acids is 1. The van der Waals surface area contributed by atoms with E-state index in [0.717, 1.165) is 4.47 Å². The first kappa shape index (κ1) is 13.6. The number of hydrogen-bond donors (Lipinski definition) is 1. The van der Waals surface area contributed by atoms with Crippen LogP contribution in [0.25, 0.3) is 0 Å². The normalized spacial score (nSPS) is 11.9. The molecule has 0 spiro atoms. The molecule has 4 heteroatoms. The van der Waals surface area contributed by atoms with Crippen LogP contribution in [0.5, 0.6) is 5.75 Å². The number of benzene rings is 2. The number of halogens is 1. The second-order valence-corrected chi connectivity index (χ2v) is 5.12. The molecule has 0 fully saturated rings. The van der Waals surface area contributed by atoms with Gasteiger partial charge in [-0.25, -0.2) is 0 Å². The summed E-state index contributed by atoms with van der Waals surface area (Å²) < 4.78 is 6.54. The van der Waals surface area contributed by atoms with Crippen molar-refractivity contribution in [2.45, 2.75) is 13.0 Å². The minimum Gasteiger partial charge on any atom is -0.482 e. The number of Topliss-reactive ketones (excluding diaryl/α,β-unsaturated/α-hetero) is 1. The number of nitrogen functional groups attached to an aromatic ring is 1. The summed E-state index contributed by atoms with van der Waals surface area (Å²) >= 11 is 3.34. The highest BCUT2D eigenvalue weighted by Crippen LogP contribution is 2.18. The summed E-state index contributed by atoms with van der Waals surface area (Å²) in [5.41, 5.74) is 6.90. The summed E-state index contributed by atoms with van der Waals surface area (Å²) in [4.78, 5) is 12.2. The second-order valence-electron chi connectivity index (χ2n) is 4.20. The third kappa shape index (κ3) is 3.58. The Morgan fingerprint density at radius 2 is 1.89 bits per heavy atom. The summed E-state index contributed by atoms with van der Waals surface area (Å²) in [6, 6.07) is 14.3. The molecule has 2 aromatic rings. The Bertz CT molecular complexity index is 581. The Labute approximate surface area is 120 Å². The second kappa shape index (κ2) is 5.89. The summed E-state index contributed by atoms with van der Waals surface area (Å²) in [5.74, 6) is 0.535. The topological polar surface area (TPSA) is 52.3 Å². The molecule has 0 aromatic heterocycles. The van der Waals surface area contributed by atoms with Crippen LogP contribution in [0.15, 0.2) is 53.0 Å². The lowest BCUT2D eigenvalue weighted by Gasteiger charge is -2.14. The maximum atomic E-state index is 12.2. The van der Waals surface area contributed by atoms with Crippen molar-refractivity contribution >= 4 is 27.4 Å². The van der Waals surface area contributed by atoms with E-state index in [-0.39, 0.29) is 5.78 Å². The van der Waals surface area contributed by atoms with Gasteiger partial charge in [-0.2, -0.15) is 0 Å². The molecule has 0 bridgehead atoms. The van der Waals surface area contributed by atoms with Crippen molar-refractivity contribution in [2.75, 3.05) is 5.73 Å². The fourth-order valence-corrected chi connectivity index (χ4v) is 1.96. The molecular weight excluding hydrogens is 306 g/mol. The molecule has 0 heterocycles. The van der Waals surface area contributed by atoms with Gasteiger partial charge < -0.3 is 10.5 Å². The molecule has 2 aromatic carbocycles. The molecule has 3 nitrogen and oxygen atoms in total. The number of rotatable bonds is 4. The fourth-order valence-electron chi connectivity index (χ4n) is 1.69. The molecule has 2 N–H and O–H groups in total. The predicted molar refractivity (Wildman–Crippen MR) is 79.4 cm³/mol. The van der Waals surface area contributed by atoms with Gasteiger partial charge in [0, 0.05) is 21.8 Å². The van der Waals surface area contributed by atoms with Crippen LogP contribution in [0.3, 0.4) is 0 Å². The Morgan fingerprint density at radius 3 is 2.53 bits per heavy atom. The Kier molecular flexibility index (Phi) is 4.22. The fraction of sp³-hybridized carbons (Fsp3) is 0.133. The zero-order chi connectivity index (χ0) is 13.8. The van der Waals surface area contributed by atoms with Crippen LogP contribution < -0.4 is 10.5 Å². The first-order valence-corrected chi connectivity index (χ1v) is 6.67. The molecule has 0 aliphatic rings. The molecule has 1 unspecified atom stereocenters. The van der Waals surface area contributed by atoms with Gasteiger partial charge >= 0.3 is 0 Å². The number of ketones is 1. The molecule has 0 aliphatic heterocycles. The van der Waals surface area contributed by atoms with E-state index >= 15 is 0 Å². The van der Waals surface area contributed by atoms with Crippen molar-refractivity contribution in [1.29, 1.82) is 0 Å². The molecule has 0 saturated carbocycles. The SMILES string of the molecule is CC(Oc1cccc(N)c1)C(=O)c1ccc(Br)cc1. The van der Waals surface area contributed by atoms with E-state index in [4.69, 9.17) is 10.5 Å². The quantitative estimate of drug-likeness (QED) is 0.690. The number of carbonyl (C=O) groups is 1. The van der Waals surface area contributed by atoms with E-state index in [0.29, 0.717) is 17.0 Å². The van der Waals surface area contributed by atoms with Gasteiger partial charge in [-0.15, -0.1) is 0 Å². The van der Waals surface area contributed by atoms with E-state index in [1.807, 2.05) is 12.1 Å². The average Bonchev–Trinajstić information content (AvgIpc) is 2.39. The van der Waals surface area contributed by atoms with Crippen molar-refractivity contribution in [1.82, 2.24) is 0 Å². The van der Waals surface area contributed by atoms with E-state index in [1.54, 1.807) is 43.3 Å². The number of nitrogens with two attached hydrogens (primary N) is 1. The molecule has 0 saturated heterocycles. The standard InChI is InChI=1S/C15H14BrNO2/c1-10(19-14-4-2-3-13(17)9-14)15(18)11-5-7-12(16)8-6-11/h2-10H,17H2,1H3. The van der Waals surface area contributed by atoms with Gasteiger partial charge in [-0.1, -0.05) is 34.1 Å². The summed E-state index contributed by atoms with van der Waals surface area (Å²) in [6.07, 6.45) is -0.553. The summed E-state index contributed by atoms with van der Waals surface area (Å²) in [7, 11) is 0. The van der Waals surface area contributed by atoms with Gasteiger partial charge in [0.15, 0.2) is 6.10 Å². The maximum absolute atomic E-state index is 12.2. The largest absolute Gasteiger partial charge is 0.482 e. The number of ether oxygens (including phenoxy) is 1. The van der Waals surface area contributed by atoms with Crippen molar-refractivity contribution in [2.24, 2.45) is 0 Å². The molecule has 0 aliphatic carbocycles. The Hall–Kier alpha value is -1.81. The van der Waals surface area contributed by atoms with Gasteiger partial charge in [0.2, 0.25) is 5.78 Å². The monoisotopic (exact) mass is 319 g/mol. The van der Waals surface area contributed by atoms with Gasteiger partial charge in [-0.3, -0.25) is 4.79 Å². The van der Waals surface area contributed by atoms with Crippen LogP contribution in [0.1, 0.15) is 17.3 Å². The van der Waals surface area contributed by atoms with Gasteiger partial charge in [-0.05, 0) is 31.2 Å². The molecule has 0 amide bonds. The number of hydrogen-bond acceptors (Lipinski definition) is 3. The Balaban J connectivity index is 2.09. The first-order chi connectivity index (χ1) is 9.06. The highest BCUT2D eigenvalue weighted by atomic mass is 79.9. The van der Waals surface area contributed by atoms with Crippen LogP contribution in [0.2, 0.25) is 0 Å². The van der Waals surface area contributed by atoms with E-state index < -0.39 is 6.10 Å². The van der Waals surface area contributed by atoms with E-state index in [9.17, 15) is 4.79 Å². The minimum atomic E-state index is -0.553. The van der Waals surface area contributed by atoms with E-state index in [1.165, 1.54) is 0 Å². The lowest BCUT2D eigenvalue weighted by Crippen LogP contribution is -2.23. The Morgan fingerprint density at radius 1 is 1.21 bits per heavy atom. The number of anilines is 1. The van der Waals surface area contributed by atoms with Crippen LogP contribution in [-0.4, -0.2) is 11.9 Å². The molecule has 19 heavy (non-hydrogen) atoms. The minimum absolute atomic E-state index is 0.0603. The third-order valence-electron chi connectivity index (χ3n) is 2.67. The first-order valence-electron chi connectivity index (χ1n) is 5.88. The molecular formula is C15H14BrNO2. The summed E-state index contributed by atoms with van der Waals surface area (Å²) in [5, 5.41) is 0. The van der Waals surface area contributed by atoms with Crippen molar-refractivity contribution < 1.29 is 9.53 Å². The van der Waals surface area contributed by atoms with Crippen LogP contribution in [0.4, 0.5) is 5.69 Å². The predicted octanol–water partition coefficient (Wildman–Crippen LogP) is 3.68. The zero-order valence-electron chi connectivity index (χ0n) is 10.5. The molecule has 1 atom stereocenters. The van der Waals surface area contributed by atoms with Gasteiger partial charge in [0.05, 0.1) is 0 Å². The molecule has 98 valence electrons. The van der Waals surface area contributed by atoms with Gasteiger partial charge in [0.25, 0.3) is 0 Å². The van der Waals surface area contributed by atoms with Crippen LogP contribution in [0, 0.1) is 0 Å². The lowest BCUT2D eigenvalue weighted by molar-refractivity contribution is 0.0818. The molecule has 0 radical (unpaired) electrons. The van der Waals surface area contributed by atoms with E-state index in [2.05, 4.69) is 15.9 Å². The summed E-state index contributed by atoms with van der Waals surface area (Å²) in [6.45, 7) is 1.73. The highest BCUT2D eigenvalue weighted by molar-refractivity contribution is 9.10. The smallest absolute Gasteiger partial charge is 0.202 e. The van der Waals surface area contributed by atoms with Crippen molar-refractivity contribution in [3.05, 3.63) is 58.6 Å². The highest BCUT2D eigenvalue weighted by Gasteiger charge is 2.16. The van der Waals surface area contributed by atoms with Gasteiger partial charge in [0.1, 0.15) is 5.75 Å². The van der Waals surface area contributed by atoms with Crippen molar-refractivity contribution in [3.63, 3.8) is 0 Å².